The van der Waals surface area contributed by atoms with E-state index in [-0.39, 0.29) is 6.61 Å². The van der Waals surface area contributed by atoms with Crippen LogP contribution in [0.1, 0.15) is 33.3 Å². The first-order chi connectivity index (χ1) is 15.1. The van der Waals surface area contributed by atoms with Crippen LogP contribution in [0, 0.1) is 0 Å². The van der Waals surface area contributed by atoms with Crippen LogP contribution in [-0.2, 0) is 59.0 Å². The SMILES string of the molecule is CC(=O)OC1O[C@H](C(=O)OCc2ccccc2)[C@@H](OC(C)=O)[C@H](OC(C)=O)[C@@H]1OC(C)=O. The van der Waals surface area contributed by atoms with E-state index in [0.29, 0.717) is 5.56 Å². The Balaban J connectivity index is 2.38. The monoisotopic (exact) mass is 452 g/mol. The molecule has 0 aromatic heterocycles. The molecule has 5 atom stereocenters. The van der Waals surface area contributed by atoms with Gasteiger partial charge in [-0.1, -0.05) is 30.3 Å². The van der Waals surface area contributed by atoms with E-state index in [2.05, 4.69) is 0 Å². The Morgan fingerprint density at radius 3 is 1.75 bits per heavy atom. The van der Waals surface area contributed by atoms with E-state index in [1.54, 1.807) is 30.3 Å². The van der Waals surface area contributed by atoms with E-state index >= 15 is 0 Å². The van der Waals surface area contributed by atoms with E-state index in [9.17, 15) is 24.0 Å². The summed E-state index contributed by atoms with van der Waals surface area (Å²) in [6.45, 7) is 4.13. The Bertz CT molecular complexity index is 851. The lowest BCUT2D eigenvalue weighted by Crippen LogP contribution is -2.64. The first-order valence-electron chi connectivity index (χ1n) is 9.63. The Hall–Kier alpha value is -3.47. The molecule has 11 heteroatoms. The summed E-state index contributed by atoms with van der Waals surface area (Å²) in [4.78, 5) is 59.5. The number of esters is 5. The molecule has 1 aliphatic rings. The molecular weight excluding hydrogens is 428 g/mol. The zero-order valence-electron chi connectivity index (χ0n) is 18.0. The molecule has 0 N–H and O–H groups in total. The maximum atomic E-state index is 12.8. The predicted octanol–water partition coefficient (Wildman–Crippen LogP) is 0.813. The second kappa shape index (κ2) is 11.2. The highest BCUT2D eigenvalue weighted by Crippen LogP contribution is 2.30. The normalized spacial score (nSPS) is 24.6. The smallest absolute Gasteiger partial charge is 0.339 e. The van der Waals surface area contributed by atoms with Crippen LogP contribution in [0.2, 0.25) is 0 Å². The van der Waals surface area contributed by atoms with E-state index in [4.69, 9.17) is 28.4 Å². The summed E-state index contributed by atoms with van der Waals surface area (Å²) in [5.74, 6) is -4.28. The maximum absolute atomic E-state index is 12.8. The van der Waals surface area contributed by atoms with E-state index in [0.717, 1.165) is 27.7 Å². The van der Waals surface area contributed by atoms with Gasteiger partial charge in [0.15, 0.2) is 18.3 Å². The van der Waals surface area contributed by atoms with Gasteiger partial charge in [-0.15, -0.1) is 0 Å². The van der Waals surface area contributed by atoms with Gasteiger partial charge in [0.1, 0.15) is 6.61 Å². The van der Waals surface area contributed by atoms with Crippen molar-refractivity contribution in [3.63, 3.8) is 0 Å². The molecule has 2 rings (SSSR count). The van der Waals surface area contributed by atoms with Crippen LogP contribution in [0.15, 0.2) is 30.3 Å². The number of ether oxygens (including phenoxy) is 6. The molecule has 1 unspecified atom stereocenters. The van der Waals surface area contributed by atoms with E-state index in [1.807, 2.05) is 0 Å². The average molecular weight is 452 g/mol. The standard InChI is InChI=1S/C21H24O11/c1-11(22)28-16-17(29-12(2)23)19(30-13(3)24)21(31-14(4)25)32-18(16)20(26)27-10-15-8-6-5-7-9-15/h5-9,16-19,21H,10H2,1-4H3/t16-,17-,18-,19-,21?/m0/s1. The lowest BCUT2D eigenvalue weighted by molar-refractivity contribution is -0.294. The van der Waals surface area contributed by atoms with Gasteiger partial charge in [-0.25, -0.2) is 4.79 Å². The molecule has 1 aromatic carbocycles. The van der Waals surface area contributed by atoms with Crippen LogP contribution in [0.25, 0.3) is 0 Å². The molecular formula is C21H24O11. The van der Waals surface area contributed by atoms with Crippen molar-refractivity contribution in [1.82, 2.24) is 0 Å². The summed E-state index contributed by atoms with van der Waals surface area (Å²) >= 11 is 0. The van der Waals surface area contributed by atoms with Crippen molar-refractivity contribution < 1.29 is 52.4 Å². The Labute approximate surface area is 183 Å². The molecule has 1 fully saturated rings. The Morgan fingerprint density at radius 1 is 0.719 bits per heavy atom. The van der Waals surface area contributed by atoms with Gasteiger partial charge in [-0.2, -0.15) is 0 Å². The van der Waals surface area contributed by atoms with E-state index in [1.165, 1.54) is 0 Å². The fourth-order valence-corrected chi connectivity index (χ4v) is 3.03. The Morgan fingerprint density at radius 2 is 1.22 bits per heavy atom. The zero-order valence-corrected chi connectivity index (χ0v) is 18.0. The van der Waals surface area contributed by atoms with Crippen LogP contribution >= 0.6 is 0 Å². The molecule has 0 radical (unpaired) electrons. The minimum Gasteiger partial charge on any atom is -0.459 e. The van der Waals surface area contributed by atoms with Gasteiger partial charge in [-0.3, -0.25) is 19.2 Å². The number of rotatable bonds is 7. The largest absolute Gasteiger partial charge is 0.459 e. The number of carbonyl (C=O) groups excluding carboxylic acids is 5. The van der Waals surface area contributed by atoms with Gasteiger partial charge in [0.2, 0.25) is 12.4 Å². The predicted molar refractivity (Wildman–Crippen MR) is 103 cm³/mol. The summed E-state index contributed by atoms with van der Waals surface area (Å²) in [7, 11) is 0. The molecule has 1 heterocycles. The first kappa shape index (κ1) is 24.8. The van der Waals surface area contributed by atoms with Crippen LogP contribution < -0.4 is 0 Å². The van der Waals surface area contributed by atoms with Crippen molar-refractivity contribution in [2.45, 2.75) is 65.0 Å². The zero-order chi connectivity index (χ0) is 23.8. The van der Waals surface area contributed by atoms with Gasteiger partial charge in [-0.05, 0) is 5.56 Å². The molecule has 1 saturated heterocycles. The molecule has 1 aromatic rings. The lowest BCUT2D eigenvalue weighted by atomic mass is 9.97. The molecule has 0 amide bonds. The van der Waals surface area contributed by atoms with Gasteiger partial charge in [0.25, 0.3) is 0 Å². The van der Waals surface area contributed by atoms with Crippen LogP contribution in [0.5, 0.6) is 0 Å². The second-order valence-corrected chi connectivity index (χ2v) is 6.85. The van der Waals surface area contributed by atoms with Crippen molar-refractivity contribution in [2.75, 3.05) is 0 Å². The summed E-state index contributed by atoms with van der Waals surface area (Å²) in [6, 6.07) is 8.73. The molecule has 0 aliphatic carbocycles. The van der Waals surface area contributed by atoms with Crippen molar-refractivity contribution in [3.05, 3.63) is 35.9 Å². The van der Waals surface area contributed by atoms with Crippen LogP contribution in [0.3, 0.4) is 0 Å². The molecule has 174 valence electrons. The maximum Gasteiger partial charge on any atom is 0.339 e. The van der Waals surface area contributed by atoms with Crippen molar-refractivity contribution in [3.8, 4) is 0 Å². The third-order valence-electron chi connectivity index (χ3n) is 4.14. The number of hydrogen-bond donors (Lipinski definition) is 0. The van der Waals surface area contributed by atoms with Crippen LogP contribution in [-0.4, -0.2) is 60.6 Å². The van der Waals surface area contributed by atoms with Crippen molar-refractivity contribution in [2.24, 2.45) is 0 Å². The highest BCUT2D eigenvalue weighted by atomic mass is 16.7. The molecule has 32 heavy (non-hydrogen) atoms. The van der Waals surface area contributed by atoms with Crippen LogP contribution in [0.4, 0.5) is 0 Å². The molecule has 11 nitrogen and oxygen atoms in total. The number of hydrogen-bond acceptors (Lipinski definition) is 11. The fourth-order valence-electron chi connectivity index (χ4n) is 3.03. The third kappa shape index (κ3) is 7.05. The van der Waals surface area contributed by atoms with Gasteiger partial charge in [0, 0.05) is 27.7 Å². The van der Waals surface area contributed by atoms with Crippen molar-refractivity contribution >= 4 is 29.8 Å². The highest BCUT2D eigenvalue weighted by molar-refractivity contribution is 5.77. The lowest BCUT2D eigenvalue weighted by Gasteiger charge is -2.42. The fraction of sp³-hybridized carbons (Fsp3) is 0.476. The molecule has 0 spiro atoms. The minimum atomic E-state index is -1.65. The summed E-state index contributed by atoms with van der Waals surface area (Å²) in [6.07, 6.45) is -7.86. The number of carbonyl (C=O) groups is 5. The average Bonchev–Trinajstić information content (AvgIpc) is 2.69. The topological polar surface area (TPSA) is 141 Å². The first-order valence-corrected chi connectivity index (χ1v) is 9.63. The molecule has 0 saturated carbocycles. The number of benzene rings is 1. The van der Waals surface area contributed by atoms with Gasteiger partial charge in [0.05, 0.1) is 0 Å². The second-order valence-electron chi connectivity index (χ2n) is 6.85. The van der Waals surface area contributed by atoms with Crippen molar-refractivity contribution in [1.29, 1.82) is 0 Å². The summed E-state index contributed by atoms with van der Waals surface area (Å²) in [5, 5.41) is 0. The van der Waals surface area contributed by atoms with E-state index < -0.39 is 60.6 Å². The minimum absolute atomic E-state index is 0.129. The Kier molecular flexibility index (Phi) is 8.71. The molecule has 1 aliphatic heterocycles. The van der Waals surface area contributed by atoms with Gasteiger partial charge >= 0.3 is 29.8 Å². The summed E-state index contributed by atoms with van der Waals surface area (Å²) in [5.41, 5.74) is 0.673. The highest BCUT2D eigenvalue weighted by Gasteiger charge is 2.56. The molecule has 0 bridgehead atoms. The van der Waals surface area contributed by atoms with Gasteiger partial charge < -0.3 is 28.4 Å². The quantitative estimate of drug-likeness (QED) is 0.429. The third-order valence-corrected chi connectivity index (χ3v) is 4.14. The summed E-state index contributed by atoms with van der Waals surface area (Å²) < 4.78 is 31.3.